The number of amides is 1. The number of esters is 1. The van der Waals surface area contributed by atoms with Crippen molar-refractivity contribution in [3.05, 3.63) is 95.0 Å². The maximum absolute atomic E-state index is 13.2. The van der Waals surface area contributed by atoms with Gasteiger partial charge in [-0.15, -0.1) is 0 Å². The van der Waals surface area contributed by atoms with Crippen molar-refractivity contribution < 1.29 is 14.3 Å². The van der Waals surface area contributed by atoms with Gasteiger partial charge in [-0.3, -0.25) is 9.59 Å². The molecule has 1 heterocycles. The zero-order valence-electron chi connectivity index (χ0n) is 23.9. The smallest absolute Gasteiger partial charge is 0.306 e. The van der Waals surface area contributed by atoms with Crippen molar-refractivity contribution >= 4 is 23.5 Å². The Labute approximate surface area is 243 Å². The molecule has 0 aliphatic carbocycles. The molecular formula is C34H41ClN2O3. The molecule has 3 aromatic carbocycles. The first kappa shape index (κ1) is 29.8. The second kappa shape index (κ2) is 14.0. The lowest BCUT2D eigenvalue weighted by molar-refractivity contribution is -0.148. The molecule has 0 aromatic heterocycles. The van der Waals surface area contributed by atoms with Crippen molar-refractivity contribution in [3.8, 4) is 11.1 Å². The summed E-state index contributed by atoms with van der Waals surface area (Å²) in [7, 11) is 0. The topological polar surface area (TPSA) is 58.6 Å². The lowest BCUT2D eigenvalue weighted by Crippen LogP contribution is -2.45. The number of hydrogen-bond acceptors (Lipinski definition) is 4. The Balaban J connectivity index is 1.29. The van der Waals surface area contributed by atoms with Gasteiger partial charge >= 0.3 is 5.97 Å². The van der Waals surface area contributed by atoms with E-state index in [0.29, 0.717) is 17.0 Å². The van der Waals surface area contributed by atoms with E-state index in [1.807, 2.05) is 80.6 Å². The lowest BCUT2D eigenvalue weighted by atomic mass is 9.76. The minimum Gasteiger partial charge on any atom is -0.463 e. The molecule has 5 nitrogen and oxygen atoms in total. The molecule has 1 N–H and O–H groups in total. The number of benzene rings is 3. The Morgan fingerprint density at radius 3 is 2.30 bits per heavy atom. The highest BCUT2D eigenvalue weighted by atomic mass is 35.5. The molecule has 0 saturated carbocycles. The molecule has 1 aliphatic rings. The first-order valence-corrected chi connectivity index (χ1v) is 14.7. The van der Waals surface area contributed by atoms with E-state index in [9.17, 15) is 9.59 Å². The Morgan fingerprint density at radius 1 is 0.975 bits per heavy atom. The van der Waals surface area contributed by atoms with Gasteiger partial charge in [0, 0.05) is 35.1 Å². The van der Waals surface area contributed by atoms with Gasteiger partial charge in [0.2, 0.25) is 0 Å². The van der Waals surface area contributed by atoms with Gasteiger partial charge in [0.15, 0.2) is 0 Å². The number of nitrogens with one attached hydrogen (secondary N) is 1. The summed E-state index contributed by atoms with van der Waals surface area (Å²) in [6, 6.07) is 25.8. The van der Waals surface area contributed by atoms with Crippen LogP contribution in [0.1, 0.15) is 68.8 Å². The van der Waals surface area contributed by atoms with Crippen LogP contribution in [0.5, 0.6) is 0 Å². The predicted octanol–water partition coefficient (Wildman–Crippen LogP) is 7.28. The third-order valence-electron chi connectivity index (χ3n) is 7.82. The van der Waals surface area contributed by atoms with Crippen LogP contribution in [0.4, 0.5) is 0 Å². The molecule has 0 spiro atoms. The molecule has 1 fully saturated rings. The summed E-state index contributed by atoms with van der Waals surface area (Å²) in [5.41, 5.74) is 3.48. The number of halogens is 1. The van der Waals surface area contributed by atoms with Gasteiger partial charge in [0.05, 0.1) is 12.5 Å². The van der Waals surface area contributed by atoms with E-state index in [0.717, 1.165) is 56.4 Å². The summed E-state index contributed by atoms with van der Waals surface area (Å²) < 4.78 is 5.49. The molecule has 1 atom stereocenters. The molecule has 1 aliphatic heterocycles. The Bertz CT molecular complexity index is 1250. The molecule has 1 saturated heterocycles. The fourth-order valence-corrected chi connectivity index (χ4v) is 5.74. The molecule has 4 rings (SSSR count). The SMILES string of the molecule is CC(C)OC(=O)CC(C)(CCCN1CCC(NC(=O)c2ccccc2-c2ccc(Cl)cc2)CC1)c1ccccc1. The van der Waals surface area contributed by atoms with Gasteiger partial charge in [-0.05, 0) is 81.0 Å². The van der Waals surface area contributed by atoms with Crippen LogP contribution in [-0.4, -0.2) is 48.6 Å². The van der Waals surface area contributed by atoms with Crippen LogP contribution in [-0.2, 0) is 14.9 Å². The van der Waals surface area contributed by atoms with E-state index >= 15 is 0 Å². The fourth-order valence-electron chi connectivity index (χ4n) is 5.62. The minimum absolute atomic E-state index is 0.0316. The number of piperidine rings is 1. The van der Waals surface area contributed by atoms with Crippen molar-refractivity contribution in [2.45, 2.75) is 70.4 Å². The van der Waals surface area contributed by atoms with E-state index in [4.69, 9.17) is 16.3 Å². The standard InChI is InChI=1S/C34H41ClN2O3/c1-25(2)40-32(38)24-34(3,27-10-5-4-6-11-27)20-9-21-37-22-18-29(19-23-37)36-33(39)31-13-8-7-12-30(31)26-14-16-28(35)17-15-26/h4-8,10-17,25,29H,9,18-24H2,1-3H3,(H,36,39). The van der Waals surface area contributed by atoms with Crippen molar-refractivity contribution in [3.63, 3.8) is 0 Å². The summed E-state index contributed by atoms with van der Waals surface area (Å²) >= 11 is 6.06. The molecule has 1 unspecified atom stereocenters. The third kappa shape index (κ3) is 8.18. The third-order valence-corrected chi connectivity index (χ3v) is 8.08. The molecule has 6 heteroatoms. The second-order valence-electron chi connectivity index (χ2n) is 11.4. The number of ether oxygens (including phenoxy) is 1. The highest BCUT2D eigenvalue weighted by molar-refractivity contribution is 6.30. The molecule has 0 radical (unpaired) electrons. The summed E-state index contributed by atoms with van der Waals surface area (Å²) in [6.07, 6.45) is 4.01. The number of carbonyl (C=O) groups excluding carboxylic acids is 2. The van der Waals surface area contributed by atoms with Gasteiger partial charge in [-0.25, -0.2) is 0 Å². The van der Waals surface area contributed by atoms with Crippen LogP contribution in [0.3, 0.4) is 0 Å². The Kier molecular flexibility index (Phi) is 10.4. The first-order chi connectivity index (χ1) is 19.2. The van der Waals surface area contributed by atoms with Crippen molar-refractivity contribution in [2.75, 3.05) is 19.6 Å². The fraction of sp³-hybridized carbons (Fsp3) is 0.412. The molecule has 40 heavy (non-hydrogen) atoms. The van der Waals surface area contributed by atoms with Crippen LogP contribution in [0.25, 0.3) is 11.1 Å². The van der Waals surface area contributed by atoms with Crippen molar-refractivity contribution in [2.24, 2.45) is 0 Å². The largest absolute Gasteiger partial charge is 0.463 e. The summed E-state index contributed by atoms with van der Waals surface area (Å²) in [5, 5.41) is 3.95. The zero-order chi connectivity index (χ0) is 28.5. The van der Waals surface area contributed by atoms with Crippen LogP contribution in [0.2, 0.25) is 5.02 Å². The van der Waals surface area contributed by atoms with Gasteiger partial charge in [0.1, 0.15) is 0 Å². The van der Waals surface area contributed by atoms with E-state index < -0.39 is 0 Å². The average Bonchev–Trinajstić information content (AvgIpc) is 2.94. The van der Waals surface area contributed by atoms with Crippen molar-refractivity contribution in [1.29, 1.82) is 0 Å². The molecular weight excluding hydrogens is 520 g/mol. The molecule has 212 valence electrons. The predicted molar refractivity (Wildman–Crippen MR) is 163 cm³/mol. The number of rotatable bonds is 11. The maximum Gasteiger partial charge on any atom is 0.306 e. The van der Waals surface area contributed by atoms with Crippen LogP contribution >= 0.6 is 11.6 Å². The quantitative estimate of drug-likeness (QED) is 0.250. The second-order valence-corrected chi connectivity index (χ2v) is 11.8. The number of carbonyl (C=O) groups is 2. The number of likely N-dealkylation sites (tertiary alicyclic amines) is 1. The molecule has 1 amide bonds. The average molecular weight is 561 g/mol. The summed E-state index contributed by atoms with van der Waals surface area (Å²) in [4.78, 5) is 28.3. The van der Waals surface area contributed by atoms with Crippen LogP contribution < -0.4 is 5.32 Å². The highest BCUT2D eigenvalue weighted by Gasteiger charge is 2.31. The molecule has 3 aromatic rings. The van der Waals surface area contributed by atoms with Crippen LogP contribution in [0, 0.1) is 0 Å². The number of hydrogen-bond donors (Lipinski definition) is 1. The van der Waals surface area contributed by atoms with Crippen LogP contribution in [0.15, 0.2) is 78.9 Å². The van der Waals surface area contributed by atoms with Gasteiger partial charge in [-0.1, -0.05) is 79.2 Å². The summed E-state index contributed by atoms with van der Waals surface area (Å²) in [5.74, 6) is -0.175. The Hall–Kier alpha value is -3.15. The van der Waals surface area contributed by atoms with Gasteiger partial charge in [0.25, 0.3) is 5.91 Å². The highest BCUT2D eigenvalue weighted by Crippen LogP contribution is 2.33. The normalized spacial score (nSPS) is 15.9. The number of nitrogens with zero attached hydrogens (tertiary/aromatic N) is 1. The van der Waals surface area contributed by atoms with Crippen molar-refractivity contribution in [1.82, 2.24) is 10.2 Å². The summed E-state index contributed by atoms with van der Waals surface area (Å²) in [6.45, 7) is 8.82. The van der Waals surface area contributed by atoms with E-state index in [2.05, 4.69) is 29.3 Å². The monoisotopic (exact) mass is 560 g/mol. The van der Waals surface area contributed by atoms with Gasteiger partial charge < -0.3 is 15.0 Å². The lowest BCUT2D eigenvalue weighted by Gasteiger charge is -2.34. The zero-order valence-corrected chi connectivity index (χ0v) is 24.6. The van der Waals surface area contributed by atoms with E-state index in [1.54, 1.807) is 0 Å². The van der Waals surface area contributed by atoms with E-state index in [1.165, 1.54) is 5.56 Å². The molecule has 0 bridgehead atoms. The Morgan fingerprint density at radius 2 is 1.62 bits per heavy atom. The minimum atomic E-state index is -0.267. The maximum atomic E-state index is 13.2. The first-order valence-electron chi connectivity index (χ1n) is 14.4. The van der Waals surface area contributed by atoms with E-state index in [-0.39, 0.29) is 29.4 Å². The van der Waals surface area contributed by atoms with Gasteiger partial charge in [-0.2, -0.15) is 0 Å².